The zero-order chi connectivity index (χ0) is 13.8. The lowest BCUT2D eigenvalue weighted by atomic mass is 10.1. The molecule has 0 N–H and O–H groups in total. The van der Waals surface area contributed by atoms with Gasteiger partial charge in [0, 0.05) is 23.7 Å². The maximum atomic E-state index is 8.97. The lowest BCUT2D eigenvalue weighted by Crippen LogP contribution is -2.29. The molecule has 1 aliphatic heterocycles. The van der Waals surface area contributed by atoms with Gasteiger partial charge < -0.3 is 4.84 Å². The monoisotopic (exact) mass is 282 g/mol. The Hall–Kier alpha value is -2.52. The summed E-state index contributed by atoms with van der Waals surface area (Å²) in [6.07, 6.45) is 1.72. The molecule has 98 valence electrons. The van der Waals surface area contributed by atoms with E-state index in [4.69, 9.17) is 10.1 Å². The fraction of sp³-hybridized carbons (Fsp3) is 0.0714. The van der Waals surface area contributed by atoms with E-state index in [1.54, 1.807) is 12.3 Å². The largest absolute Gasteiger partial charge is 0.374 e. The number of hydrogen-bond acceptors (Lipinski definition) is 6. The highest BCUT2D eigenvalue weighted by molar-refractivity contribution is 7.98. The Morgan fingerprint density at radius 3 is 2.85 bits per heavy atom. The van der Waals surface area contributed by atoms with Gasteiger partial charge >= 0.3 is 0 Å². The first-order chi connectivity index (χ1) is 9.88. The van der Waals surface area contributed by atoms with Gasteiger partial charge in [-0.1, -0.05) is 30.3 Å². The minimum absolute atomic E-state index is 0.262. The first kappa shape index (κ1) is 12.5. The lowest BCUT2D eigenvalue weighted by Gasteiger charge is -2.17. The molecule has 20 heavy (non-hydrogen) atoms. The summed E-state index contributed by atoms with van der Waals surface area (Å²) in [6, 6.07) is 15.4. The van der Waals surface area contributed by atoms with Gasteiger partial charge in [0.1, 0.15) is 17.6 Å². The second-order valence-electron chi connectivity index (χ2n) is 3.97. The van der Waals surface area contributed by atoms with Crippen LogP contribution in [-0.2, 0) is 0 Å². The van der Waals surface area contributed by atoms with Gasteiger partial charge in [-0.05, 0) is 12.1 Å². The van der Waals surface area contributed by atoms with E-state index in [0.717, 1.165) is 11.3 Å². The number of rotatable bonds is 3. The summed E-state index contributed by atoms with van der Waals surface area (Å²) < 4.78 is 3.99. The summed E-state index contributed by atoms with van der Waals surface area (Å²) >= 11 is 1.28. The molecule has 0 amide bonds. The van der Waals surface area contributed by atoms with Crippen molar-refractivity contribution in [1.82, 2.24) is 10.0 Å². The van der Waals surface area contributed by atoms with Crippen molar-refractivity contribution in [3.05, 3.63) is 48.7 Å². The Morgan fingerprint density at radius 2 is 2.05 bits per heavy atom. The van der Waals surface area contributed by atoms with Crippen molar-refractivity contribution in [2.45, 2.75) is 0 Å². The molecule has 0 aliphatic carbocycles. The third-order valence-electron chi connectivity index (χ3n) is 2.69. The highest BCUT2D eigenvalue weighted by Crippen LogP contribution is 2.29. The quantitative estimate of drug-likeness (QED) is 0.810. The van der Waals surface area contributed by atoms with E-state index in [2.05, 4.69) is 9.38 Å². The van der Waals surface area contributed by atoms with Gasteiger partial charge in [0.15, 0.2) is 5.75 Å². The van der Waals surface area contributed by atoms with Crippen LogP contribution in [0.4, 0.5) is 0 Å². The average molecular weight is 282 g/mol. The summed E-state index contributed by atoms with van der Waals surface area (Å²) in [5.74, 6) is 1.36. The molecule has 2 aromatic rings. The summed E-state index contributed by atoms with van der Waals surface area (Å²) in [5.41, 5.74) is 1.70. The zero-order valence-electron chi connectivity index (χ0n) is 10.4. The van der Waals surface area contributed by atoms with Crippen LogP contribution in [-0.4, -0.2) is 21.8 Å². The smallest absolute Gasteiger partial charge is 0.249 e. The number of hydrogen-bond donors (Lipinski definition) is 0. The third kappa shape index (κ3) is 2.44. The molecule has 0 atom stereocenters. The van der Waals surface area contributed by atoms with E-state index in [1.165, 1.54) is 17.0 Å². The van der Waals surface area contributed by atoms with Gasteiger partial charge in [-0.25, -0.2) is 0 Å². The van der Waals surface area contributed by atoms with Crippen LogP contribution in [0.2, 0.25) is 0 Å². The molecule has 0 spiro atoms. The predicted molar refractivity (Wildman–Crippen MR) is 77.6 cm³/mol. The molecule has 5 nitrogen and oxygen atoms in total. The number of nitrogens with zero attached hydrogens (tertiary/aromatic N) is 4. The van der Waals surface area contributed by atoms with Gasteiger partial charge in [0.05, 0.1) is 0 Å². The van der Waals surface area contributed by atoms with Gasteiger partial charge in [-0.15, -0.1) is 0 Å². The van der Waals surface area contributed by atoms with Gasteiger partial charge in [-0.2, -0.15) is 14.7 Å². The predicted octanol–water partition coefficient (Wildman–Crippen LogP) is 2.89. The minimum atomic E-state index is 0.262. The Labute approximate surface area is 120 Å². The number of aromatic nitrogens is 1. The number of pyridine rings is 1. The Kier molecular flexibility index (Phi) is 3.52. The van der Waals surface area contributed by atoms with E-state index in [0.29, 0.717) is 11.6 Å². The fourth-order valence-corrected chi connectivity index (χ4v) is 2.38. The molecule has 0 bridgehead atoms. The molecule has 0 radical (unpaired) electrons. The van der Waals surface area contributed by atoms with Crippen molar-refractivity contribution in [2.24, 2.45) is 4.40 Å². The average Bonchev–Trinajstić information content (AvgIpc) is 2.96. The van der Waals surface area contributed by atoms with Crippen LogP contribution in [0, 0.1) is 11.3 Å². The first-order valence-corrected chi connectivity index (χ1v) is 6.89. The van der Waals surface area contributed by atoms with Crippen molar-refractivity contribution < 1.29 is 4.84 Å². The third-order valence-corrected chi connectivity index (χ3v) is 3.34. The standard InChI is InChI=1S/C14H10N4OS/c15-9-13-17-20-10-18(13)19-12-7-4-8-16-14(12)11-5-2-1-3-6-11/h1-8H,10H2. The fourth-order valence-electron chi connectivity index (χ4n) is 1.79. The van der Waals surface area contributed by atoms with Crippen molar-refractivity contribution in [3.63, 3.8) is 0 Å². The SMILES string of the molecule is N#CC1=NSCN1Oc1cccnc1-c1ccccc1. The molecule has 3 rings (SSSR count). The van der Waals surface area contributed by atoms with Crippen LogP contribution in [0.25, 0.3) is 11.3 Å². The van der Waals surface area contributed by atoms with Crippen molar-refractivity contribution >= 4 is 17.8 Å². The minimum Gasteiger partial charge on any atom is -0.374 e. The summed E-state index contributed by atoms with van der Waals surface area (Å²) in [5, 5.41) is 10.4. The van der Waals surface area contributed by atoms with E-state index in [1.807, 2.05) is 42.5 Å². The zero-order valence-corrected chi connectivity index (χ0v) is 11.2. The maximum absolute atomic E-state index is 8.97. The second kappa shape index (κ2) is 5.63. The normalized spacial score (nSPS) is 13.8. The molecule has 0 saturated carbocycles. The summed E-state index contributed by atoms with van der Waals surface area (Å²) in [4.78, 5) is 10.1. The molecule has 0 fully saturated rings. The first-order valence-electron chi connectivity index (χ1n) is 5.94. The molecular weight excluding hydrogens is 272 g/mol. The van der Waals surface area contributed by atoms with Crippen LogP contribution in [0.5, 0.6) is 5.75 Å². The Balaban J connectivity index is 1.92. The van der Waals surface area contributed by atoms with E-state index in [-0.39, 0.29) is 5.84 Å². The Bertz CT molecular complexity index is 681. The maximum Gasteiger partial charge on any atom is 0.249 e. The molecule has 1 aromatic heterocycles. The highest BCUT2D eigenvalue weighted by atomic mass is 32.2. The Morgan fingerprint density at radius 1 is 1.20 bits per heavy atom. The van der Waals surface area contributed by atoms with E-state index >= 15 is 0 Å². The highest BCUT2D eigenvalue weighted by Gasteiger charge is 2.21. The van der Waals surface area contributed by atoms with Crippen LogP contribution < -0.4 is 4.84 Å². The van der Waals surface area contributed by atoms with Crippen LogP contribution in [0.15, 0.2) is 53.1 Å². The molecule has 2 heterocycles. The molecule has 1 aromatic carbocycles. The topological polar surface area (TPSA) is 61.5 Å². The molecule has 0 unspecified atom stereocenters. The molecule has 6 heteroatoms. The second-order valence-corrected chi connectivity index (χ2v) is 4.67. The van der Waals surface area contributed by atoms with E-state index in [9.17, 15) is 0 Å². The molecule has 1 aliphatic rings. The summed E-state index contributed by atoms with van der Waals surface area (Å²) in [6.45, 7) is 0. The van der Waals surface area contributed by atoms with Crippen LogP contribution in [0.3, 0.4) is 0 Å². The van der Waals surface area contributed by atoms with Crippen molar-refractivity contribution in [1.29, 1.82) is 5.26 Å². The number of nitriles is 1. The number of amidine groups is 1. The van der Waals surface area contributed by atoms with Crippen LogP contribution >= 0.6 is 11.9 Å². The van der Waals surface area contributed by atoms with Gasteiger partial charge in [-0.3, -0.25) is 4.98 Å². The lowest BCUT2D eigenvalue weighted by molar-refractivity contribution is 0.0455. The van der Waals surface area contributed by atoms with Crippen molar-refractivity contribution in [3.8, 4) is 23.1 Å². The number of benzene rings is 1. The van der Waals surface area contributed by atoms with Crippen LogP contribution in [0.1, 0.15) is 0 Å². The van der Waals surface area contributed by atoms with Gasteiger partial charge in [0.25, 0.3) is 0 Å². The molecular formula is C14H10N4OS. The van der Waals surface area contributed by atoms with E-state index < -0.39 is 0 Å². The van der Waals surface area contributed by atoms with Gasteiger partial charge in [0.2, 0.25) is 5.84 Å². The molecule has 0 saturated heterocycles. The number of hydroxylamine groups is 2. The van der Waals surface area contributed by atoms with Crippen molar-refractivity contribution in [2.75, 3.05) is 5.88 Å². The summed E-state index contributed by atoms with van der Waals surface area (Å²) in [7, 11) is 0.